The molecule has 0 bridgehead atoms. The number of anilines is 2. The molecule has 2 heterocycles. The van der Waals surface area contributed by atoms with Crippen molar-refractivity contribution < 1.29 is 9.84 Å². The molecule has 0 radical (unpaired) electrons. The zero-order valence-corrected chi connectivity index (χ0v) is 11.2. The molecule has 18 heavy (non-hydrogen) atoms. The van der Waals surface area contributed by atoms with Gasteiger partial charge in [0.2, 0.25) is 5.28 Å². The van der Waals surface area contributed by atoms with Gasteiger partial charge in [-0.15, -0.1) is 0 Å². The van der Waals surface area contributed by atoms with Crippen molar-refractivity contribution in [2.24, 2.45) is 0 Å². The Morgan fingerprint density at radius 3 is 2.94 bits per heavy atom. The summed E-state index contributed by atoms with van der Waals surface area (Å²) in [5.74, 6) is 0.444. The topological polar surface area (TPSA) is 93.3 Å². The van der Waals surface area contributed by atoms with Gasteiger partial charge in [0.05, 0.1) is 17.5 Å². The second-order valence-electron chi connectivity index (χ2n) is 4.56. The highest BCUT2D eigenvalue weighted by molar-refractivity contribution is 6.28. The molecular weight excluding hydrogens is 256 g/mol. The number of hydrogen-bond acceptors (Lipinski definition) is 6. The van der Waals surface area contributed by atoms with E-state index in [9.17, 15) is 5.11 Å². The number of halogens is 1. The van der Waals surface area contributed by atoms with Crippen LogP contribution in [0, 0.1) is 6.92 Å². The first-order valence-corrected chi connectivity index (χ1v) is 6.17. The molecule has 1 aromatic heterocycles. The first-order chi connectivity index (χ1) is 8.42. The van der Waals surface area contributed by atoms with Crippen molar-refractivity contribution in [3.8, 4) is 0 Å². The third-order valence-electron chi connectivity index (χ3n) is 3.33. The van der Waals surface area contributed by atoms with E-state index >= 15 is 0 Å². The van der Waals surface area contributed by atoms with Crippen LogP contribution in [-0.2, 0) is 4.74 Å². The van der Waals surface area contributed by atoms with Crippen LogP contribution in [0.4, 0.5) is 11.5 Å². The molecule has 1 aliphatic heterocycles. The van der Waals surface area contributed by atoms with E-state index < -0.39 is 5.60 Å². The van der Waals surface area contributed by atoms with E-state index in [4.69, 9.17) is 22.1 Å². The molecule has 2 unspecified atom stereocenters. The van der Waals surface area contributed by atoms with Gasteiger partial charge in [-0.1, -0.05) is 0 Å². The second kappa shape index (κ2) is 4.87. The van der Waals surface area contributed by atoms with Crippen molar-refractivity contribution in [1.29, 1.82) is 0 Å². The van der Waals surface area contributed by atoms with E-state index in [1.165, 1.54) is 0 Å². The van der Waals surface area contributed by atoms with Gasteiger partial charge in [0, 0.05) is 19.6 Å². The smallest absolute Gasteiger partial charge is 0.224 e. The summed E-state index contributed by atoms with van der Waals surface area (Å²) in [4.78, 5) is 7.96. The van der Waals surface area contributed by atoms with E-state index in [2.05, 4.69) is 15.3 Å². The molecule has 0 spiro atoms. The lowest BCUT2D eigenvalue weighted by molar-refractivity contribution is -0.0176. The summed E-state index contributed by atoms with van der Waals surface area (Å²) in [6.45, 7) is 4.46. The Morgan fingerprint density at radius 2 is 2.33 bits per heavy atom. The molecule has 1 aromatic rings. The Kier molecular flexibility index (Phi) is 3.61. The molecule has 6 nitrogen and oxygen atoms in total. The van der Waals surface area contributed by atoms with Crippen LogP contribution in [0.2, 0.25) is 5.28 Å². The van der Waals surface area contributed by atoms with Crippen molar-refractivity contribution in [1.82, 2.24) is 9.97 Å². The summed E-state index contributed by atoms with van der Waals surface area (Å²) in [5, 5.41) is 13.5. The number of ether oxygens (including phenoxy) is 1. The first kappa shape index (κ1) is 13.3. The van der Waals surface area contributed by atoms with Gasteiger partial charge < -0.3 is 20.9 Å². The number of nitrogens with two attached hydrogens (primary N) is 1. The van der Waals surface area contributed by atoms with Crippen molar-refractivity contribution in [2.75, 3.05) is 24.2 Å². The van der Waals surface area contributed by atoms with Gasteiger partial charge >= 0.3 is 0 Å². The van der Waals surface area contributed by atoms with Gasteiger partial charge in [0.25, 0.3) is 0 Å². The Balaban J connectivity index is 2.11. The number of aromatic nitrogens is 2. The SMILES string of the molecule is Cc1nc(Cl)nc(NCC2(O)CCOC2C)c1N. The number of aliphatic hydroxyl groups is 1. The molecule has 0 saturated carbocycles. The highest BCUT2D eigenvalue weighted by atomic mass is 35.5. The molecule has 100 valence electrons. The molecule has 4 N–H and O–H groups in total. The normalized spacial score (nSPS) is 27.4. The molecule has 2 atom stereocenters. The fraction of sp³-hybridized carbons (Fsp3) is 0.636. The Hall–Kier alpha value is -1.11. The molecule has 1 saturated heterocycles. The number of nitrogen functional groups attached to an aromatic ring is 1. The molecular formula is C11H17ClN4O2. The maximum Gasteiger partial charge on any atom is 0.224 e. The highest BCUT2D eigenvalue weighted by Crippen LogP contribution is 2.27. The van der Waals surface area contributed by atoms with Gasteiger partial charge in [-0.25, -0.2) is 4.98 Å². The lowest BCUT2D eigenvalue weighted by Crippen LogP contribution is -2.43. The van der Waals surface area contributed by atoms with E-state index in [1.54, 1.807) is 6.92 Å². The quantitative estimate of drug-likeness (QED) is 0.710. The van der Waals surface area contributed by atoms with E-state index in [0.717, 1.165) is 0 Å². The van der Waals surface area contributed by atoms with Crippen LogP contribution in [0.5, 0.6) is 0 Å². The monoisotopic (exact) mass is 272 g/mol. The fourth-order valence-corrected chi connectivity index (χ4v) is 2.13. The van der Waals surface area contributed by atoms with Gasteiger partial charge in [-0.05, 0) is 25.4 Å². The Labute approximate surface area is 111 Å². The maximum absolute atomic E-state index is 10.3. The van der Waals surface area contributed by atoms with Gasteiger partial charge in [-0.2, -0.15) is 4.98 Å². The van der Waals surface area contributed by atoms with Gasteiger partial charge in [-0.3, -0.25) is 0 Å². The molecule has 0 aliphatic carbocycles. The van der Waals surface area contributed by atoms with Crippen LogP contribution in [0.3, 0.4) is 0 Å². The van der Waals surface area contributed by atoms with Crippen LogP contribution in [0.15, 0.2) is 0 Å². The number of nitrogens with zero attached hydrogens (tertiary/aromatic N) is 2. The minimum atomic E-state index is -0.905. The molecule has 1 fully saturated rings. The largest absolute Gasteiger partial charge is 0.394 e. The first-order valence-electron chi connectivity index (χ1n) is 5.80. The van der Waals surface area contributed by atoms with E-state index in [-0.39, 0.29) is 11.4 Å². The zero-order valence-electron chi connectivity index (χ0n) is 10.4. The predicted molar refractivity (Wildman–Crippen MR) is 69.7 cm³/mol. The summed E-state index contributed by atoms with van der Waals surface area (Å²) in [5.41, 5.74) is 6.00. The third kappa shape index (κ3) is 2.50. The van der Waals surface area contributed by atoms with Crippen molar-refractivity contribution in [2.45, 2.75) is 32.0 Å². The van der Waals surface area contributed by atoms with Crippen LogP contribution in [0.1, 0.15) is 19.0 Å². The Bertz CT molecular complexity index is 457. The predicted octanol–water partition coefficient (Wildman–Crippen LogP) is 0.972. The zero-order chi connectivity index (χ0) is 13.3. The lowest BCUT2D eigenvalue weighted by atomic mass is 9.97. The standard InChI is InChI=1S/C11H17ClN4O2/c1-6-8(13)9(16-10(12)15-6)14-5-11(17)3-4-18-7(11)2/h7,17H,3-5,13H2,1-2H3,(H,14,15,16). The summed E-state index contributed by atoms with van der Waals surface area (Å²) >= 11 is 5.78. The molecule has 0 aromatic carbocycles. The summed E-state index contributed by atoms with van der Waals surface area (Å²) in [7, 11) is 0. The van der Waals surface area contributed by atoms with Crippen molar-refractivity contribution in [3.63, 3.8) is 0 Å². The number of nitrogens with one attached hydrogen (secondary N) is 1. The Morgan fingerprint density at radius 1 is 1.61 bits per heavy atom. The van der Waals surface area contributed by atoms with Gasteiger partial charge in [0.15, 0.2) is 5.82 Å². The number of rotatable bonds is 3. The minimum absolute atomic E-state index is 0.131. The molecule has 2 rings (SSSR count). The molecule has 7 heteroatoms. The third-order valence-corrected chi connectivity index (χ3v) is 3.50. The van der Waals surface area contributed by atoms with Crippen LogP contribution >= 0.6 is 11.6 Å². The van der Waals surface area contributed by atoms with Gasteiger partial charge in [0.1, 0.15) is 5.60 Å². The van der Waals surface area contributed by atoms with Crippen LogP contribution in [-0.4, -0.2) is 39.9 Å². The average Bonchev–Trinajstić information content (AvgIpc) is 2.63. The van der Waals surface area contributed by atoms with Crippen molar-refractivity contribution in [3.05, 3.63) is 11.0 Å². The van der Waals surface area contributed by atoms with E-state index in [0.29, 0.717) is 36.8 Å². The summed E-state index contributed by atoms with van der Waals surface area (Å²) in [6.07, 6.45) is 0.364. The summed E-state index contributed by atoms with van der Waals surface area (Å²) < 4.78 is 5.35. The second-order valence-corrected chi connectivity index (χ2v) is 4.90. The minimum Gasteiger partial charge on any atom is -0.394 e. The number of hydrogen-bond donors (Lipinski definition) is 3. The highest BCUT2D eigenvalue weighted by Gasteiger charge is 2.39. The molecule has 0 amide bonds. The summed E-state index contributed by atoms with van der Waals surface area (Å²) in [6, 6.07) is 0. The number of aryl methyl sites for hydroxylation is 1. The van der Waals surface area contributed by atoms with Crippen LogP contribution in [0.25, 0.3) is 0 Å². The van der Waals surface area contributed by atoms with E-state index in [1.807, 2.05) is 6.92 Å². The lowest BCUT2D eigenvalue weighted by Gasteiger charge is -2.26. The maximum atomic E-state index is 10.3. The van der Waals surface area contributed by atoms with Crippen molar-refractivity contribution >= 4 is 23.1 Å². The molecule has 1 aliphatic rings. The average molecular weight is 273 g/mol. The fourth-order valence-electron chi connectivity index (χ4n) is 1.92. The van der Waals surface area contributed by atoms with Crippen LogP contribution < -0.4 is 11.1 Å².